The van der Waals surface area contributed by atoms with Gasteiger partial charge in [-0.2, -0.15) is 0 Å². The Kier molecular flexibility index (Phi) is 3.82. The number of thiazole rings is 1. The van der Waals surface area contributed by atoms with E-state index in [4.69, 9.17) is 4.74 Å². The van der Waals surface area contributed by atoms with E-state index in [1.807, 2.05) is 18.2 Å². The predicted octanol–water partition coefficient (Wildman–Crippen LogP) is 2.94. The van der Waals surface area contributed by atoms with Crippen LogP contribution < -0.4 is 10.1 Å². The summed E-state index contributed by atoms with van der Waals surface area (Å²) in [5, 5.41) is 13.6. The molecular weight excluding hydrogens is 288 g/mol. The molecule has 1 saturated carbocycles. The Bertz CT molecular complexity index is 662. The minimum Gasteiger partial charge on any atom is -0.494 e. The van der Waals surface area contributed by atoms with Crippen molar-refractivity contribution in [2.75, 3.05) is 12.4 Å². The number of hydrogen-bond acceptors (Lipinski definition) is 5. The first kappa shape index (κ1) is 14.3. The van der Waals surface area contributed by atoms with Crippen molar-refractivity contribution in [3.05, 3.63) is 18.2 Å². The van der Waals surface area contributed by atoms with E-state index >= 15 is 0 Å². The molecule has 0 aliphatic heterocycles. The summed E-state index contributed by atoms with van der Waals surface area (Å²) in [5.41, 5.74) is -0.0850. The van der Waals surface area contributed by atoms with Gasteiger partial charge in [0.25, 0.3) is 0 Å². The third kappa shape index (κ3) is 3.01. The summed E-state index contributed by atoms with van der Waals surface area (Å²) in [4.78, 5) is 16.5. The molecule has 1 amide bonds. The van der Waals surface area contributed by atoms with Crippen molar-refractivity contribution in [3.63, 3.8) is 0 Å². The molecule has 112 valence electrons. The average Bonchev–Trinajstić information content (AvgIpc) is 3.03. The maximum absolute atomic E-state index is 12.1. The highest BCUT2D eigenvalue weighted by molar-refractivity contribution is 7.22. The molecule has 2 aromatic rings. The molecule has 1 aliphatic carbocycles. The van der Waals surface area contributed by atoms with E-state index in [1.165, 1.54) is 11.3 Å². The second-order valence-electron chi connectivity index (χ2n) is 5.48. The van der Waals surface area contributed by atoms with E-state index in [0.29, 0.717) is 23.7 Å². The number of methoxy groups -OCH3 is 1. The second kappa shape index (κ2) is 5.61. The summed E-state index contributed by atoms with van der Waals surface area (Å²) in [7, 11) is 1.60. The number of fused-ring (bicyclic) bond motifs is 1. The highest BCUT2D eigenvalue weighted by Gasteiger charge is 2.33. The van der Waals surface area contributed by atoms with Gasteiger partial charge >= 0.3 is 0 Å². The van der Waals surface area contributed by atoms with Gasteiger partial charge in [0.15, 0.2) is 5.13 Å². The molecule has 0 spiro atoms. The Labute approximate surface area is 127 Å². The number of carbonyl (C=O) groups is 1. The van der Waals surface area contributed by atoms with Crippen LogP contribution >= 0.6 is 11.3 Å². The number of carbonyl (C=O) groups excluding carboxylic acids is 1. The van der Waals surface area contributed by atoms with Gasteiger partial charge in [-0.1, -0.05) is 30.2 Å². The Morgan fingerprint density at radius 3 is 2.95 bits per heavy atom. The maximum Gasteiger partial charge on any atom is 0.229 e. The molecule has 1 aliphatic rings. The summed E-state index contributed by atoms with van der Waals surface area (Å²) in [6, 6.07) is 5.68. The molecule has 3 rings (SSSR count). The predicted molar refractivity (Wildman–Crippen MR) is 82.8 cm³/mol. The number of ether oxygens (including phenoxy) is 1. The number of nitrogens with one attached hydrogen (secondary N) is 1. The van der Waals surface area contributed by atoms with E-state index in [-0.39, 0.29) is 12.3 Å². The quantitative estimate of drug-likeness (QED) is 0.911. The third-order valence-electron chi connectivity index (χ3n) is 3.87. The SMILES string of the molecule is COc1cccc2sc(NC(=O)CC3(O)CCCC3)nc12. The lowest BCUT2D eigenvalue weighted by atomic mass is 9.98. The molecule has 0 unspecified atom stereocenters. The number of benzene rings is 1. The lowest BCUT2D eigenvalue weighted by Gasteiger charge is -2.20. The molecule has 0 saturated heterocycles. The van der Waals surface area contributed by atoms with E-state index in [1.54, 1.807) is 7.11 Å². The van der Waals surface area contributed by atoms with E-state index in [9.17, 15) is 9.90 Å². The fraction of sp³-hybridized carbons (Fsp3) is 0.467. The molecule has 21 heavy (non-hydrogen) atoms. The average molecular weight is 306 g/mol. The fourth-order valence-corrected chi connectivity index (χ4v) is 3.71. The van der Waals surface area contributed by atoms with Gasteiger partial charge in [0.2, 0.25) is 5.91 Å². The van der Waals surface area contributed by atoms with Crippen molar-refractivity contribution in [2.45, 2.75) is 37.7 Å². The lowest BCUT2D eigenvalue weighted by molar-refractivity contribution is -0.120. The topological polar surface area (TPSA) is 71.5 Å². The zero-order valence-corrected chi connectivity index (χ0v) is 12.7. The smallest absolute Gasteiger partial charge is 0.229 e. The molecule has 5 nitrogen and oxygen atoms in total. The van der Waals surface area contributed by atoms with Crippen LogP contribution in [-0.4, -0.2) is 28.7 Å². The second-order valence-corrected chi connectivity index (χ2v) is 6.51. The van der Waals surface area contributed by atoms with Crippen molar-refractivity contribution in [2.24, 2.45) is 0 Å². The van der Waals surface area contributed by atoms with Crippen molar-refractivity contribution >= 4 is 32.6 Å². The molecule has 0 radical (unpaired) electrons. The van der Waals surface area contributed by atoms with Crippen LogP contribution in [0.3, 0.4) is 0 Å². The van der Waals surface area contributed by atoms with E-state index in [0.717, 1.165) is 23.1 Å². The molecule has 1 aromatic heterocycles. The van der Waals surface area contributed by atoms with Gasteiger partial charge < -0.3 is 15.2 Å². The number of para-hydroxylation sites is 1. The van der Waals surface area contributed by atoms with Crippen LogP contribution in [-0.2, 0) is 4.79 Å². The number of anilines is 1. The summed E-state index contributed by atoms with van der Waals surface area (Å²) in [6.45, 7) is 0. The van der Waals surface area contributed by atoms with Crippen molar-refractivity contribution in [3.8, 4) is 5.75 Å². The van der Waals surface area contributed by atoms with Gasteiger partial charge in [-0.25, -0.2) is 4.98 Å². The molecule has 1 fully saturated rings. The molecule has 1 heterocycles. The zero-order chi connectivity index (χ0) is 14.9. The number of aliphatic hydroxyl groups is 1. The standard InChI is InChI=1S/C15H18N2O3S/c1-20-10-5-4-6-11-13(10)17-14(21-11)16-12(18)9-15(19)7-2-3-8-15/h4-6,19H,2-3,7-9H2,1H3,(H,16,17,18). The van der Waals surface area contributed by atoms with Crippen molar-refractivity contribution < 1.29 is 14.6 Å². The van der Waals surface area contributed by atoms with Crippen molar-refractivity contribution in [1.29, 1.82) is 0 Å². The Hall–Kier alpha value is -1.66. The summed E-state index contributed by atoms with van der Waals surface area (Å²) >= 11 is 1.41. The Morgan fingerprint density at radius 2 is 2.24 bits per heavy atom. The number of rotatable bonds is 4. The summed E-state index contributed by atoms with van der Waals surface area (Å²) < 4.78 is 6.22. The van der Waals surface area contributed by atoms with Crippen LogP contribution in [0.2, 0.25) is 0 Å². The van der Waals surface area contributed by atoms with Crippen molar-refractivity contribution in [1.82, 2.24) is 4.98 Å². The highest BCUT2D eigenvalue weighted by atomic mass is 32.1. The van der Waals surface area contributed by atoms with Crippen LogP contribution in [0.25, 0.3) is 10.2 Å². The largest absolute Gasteiger partial charge is 0.494 e. The fourth-order valence-electron chi connectivity index (χ4n) is 2.81. The van der Waals surface area contributed by atoms with Gasteiger partial charge in [0.1, 0.15) is 11.3 Å². The maximum atomic E-state index is 12.1. The zero-order valence-electron chi connectivity index (χ0n) is 11.9. The number of amides is 1. The van der Waals surface area contributed by atoms with E-state index < -0.39 is 5.60 Å². The van der Waals surface area contributed by atoms with Crippen LogP contribution in [0.1, 0.15) is 32.1 Å². The van der Waals surface area contributed by atoms with Gasteiger partial charge in [0.05, 0.1) is 23.8 Å². The number of nitrogens with zero attached hydrogens (tertiary/aromatic N) is 1. The Morgan fingerprint density at radius 1 is 1.48 bits per heavy atom. The molecule has 0 atom stereocenters. The number of aromatic nitrogens is 1. The highest BCUT2D eigenvalue weighted by Crippen LogP contribution is 2.34. The first-order chi connectivity index (χ1) is 10.1. The first-order valence-electron chi connectivity index (χ1n) is 7.05. The molecule has 1 aromatic carbocycles. The summed E-state index contributed by atoms with van der Waals surface area (Å²) in [6.07, 6.45) is 3.52. The third-order valence-corrected chi connectivity index (χ3v) is 4.81. The van der Waals surface area contributed by atoms with E-state index in [2.05, 4.69) is 10.3 Å². The van der Waals surface area contributed by atoms with Crippen LogP contribution in [0, 0.1) is 0 Å². The van der Waals surface area contributed by atoms with Gasteiger partial charge in [-0.15, -0.1) is 0 Å². The van der Waals surface area contributed by atoms with Gasteiger partial charge in [0, 0.05) is 0 Å². The Balaban J connectivity index is 1.74. The monoisotopic (exact) mass is 306 g/mol. The van der Waals surface area contributed by atoms with Crippen LogP contribution in [0.4, 0.5) is 5.13 Å². The first-order valence-corrected chi connectivity index (χ1v) is 7.87. The lowest BCUT2D eigenvalue weighted by Crippen LogP contribution is -2.30. The molecule has 0 bridgehead atoms. The van der Waals surface area contributed by atoms with Gasteiger partial charge in [-0.05, 0) is 25.0 Å². The summed E-state index contributed by atoms with van der Waals surface area (Å²) in [5.74, 6) is 0.510. The van der Waals surface area contributed by atoms with Gasteiger partial charge in [-0.3, -0.25) is 4.79 Å². The van der Waals surface area contributed by atoms with Crippen LogP contribution in [0.15, 0.2) is 18.2 Å². The normalized spacial score (nSPS) is 17.0. The minimum absolute atomic E-state index is 0.139. The molecule has 6 heteroatoms. The minimum atomic E-state index is -0.835. The number of hydrogen-bond donors (Lipinski definition) is 2. The molecular formula is C15H18N2O3S. The molecule has 2 N–H and O–H groups in total. The van der Waals surface area contributed by atoms with Crippen LogP contribution in [0.5, 0.6) is 5.75 Å².